The molecule has 100 valence electrons. The minimum atomic E-state index is -4.64. The molecule has 0 amide bonds. The lowest BCUT2D eigenvalue weighted by Gasteiger charge is -2.20. The number of ether oxygens (including phenoxy) is 1. The van der Waals surface area contributed by atoms with Crippen molar-refractivity contribution in [1.82, 2.24) is 5.32 Å². The van der Waals surface area contributed by atoms with Gasteiger partial charge in [0, 0.05) is 17.8 Å². The van der Waals surface area contributed by atoms with Crippen molar-refractivity contribution in [2.24, 2.45) is 0 Å². The summed E-state index contributed by atoms with van der Waals surface area (Å²) in [5, 5.41) is 3.31. The molecule has 1 saturated heterocycles. The van der Waals surface area contributed by atoms with Gasteiger partial charge in [-0.05, 0) is 38.1 Å². The van der Waals surface area contributed by atoms with Crippen molar-refractivity contribution in [3.8, 4) is 5.75 Å². The van der Waals surface area contributed by atoms with Gasteiger partial charge in [0.25, 0.3) is 0 Å². The van der Waals surface area contributed by atoms with E-state index in [1.807, 2.05) is 0 Å². The SMILES string of the molecule is CC1(C)CN(c2ccc(OC(F)(F)F)cc2)CN1. The third kappa shape index (κ3) is 3.29. The van der Waals surface area contributed by atoms with Gasteiger partial charge in [0.05, 0.1) is 6.67 Å². The Bertz CT molecular complexity index is 414. The molecule has 18 heavy (non-hydrogen) atoms. The summed E-state index contributed by atoms with van der Waals surface area (Å²) in [6.07, 6.45) is -4.64. The molecule has 1 aromatic rings. The molecule has 0 aliphatic carbocycles. The Labute approximate surface area is 104 Å². The molecule has 0 aromatic heterocycles. The highest BCUT2D eigenvalue weighted by Gasteiger charge is 2.31. The first-order chi connectivity index (χ1) is 8.25. The van der Waals surface area contributed by atoms with Crippen molar-refractivity contribution < 1.29 is 17.9 Å². The quantitative estimate of drug-likeness (QED) is 0.885. The highest BCUT2D eigenvalue weighted by atomic mass is 19.4. The molecular weight excluding hydrogens is 245 g/mol. The standard InChI is InChI=1S/C12H15F3N2O/c1-11(2)7-17(8-16-11)9-3-5-10(6-4-9)18-12(13,14)15/h3-6,16H,7-8H2,1-2H3. The molecule has 3 nitrogen and oxygen atoms in total. The van der Waals surface area contributed by atoms with E-state index in [2.05, 4.69) is 28.8 Å². The summed E-state index contributed by atoms with van der Waals surface area (Å²) in [7, 11) is 0. The van der Waals surface area contributed by atoms with Gasteiger partial charge in [0.1, 0.15) is 5.75 Å². The van der Waals surface area contributed by atoms with Crippen LogP contribution in [0.4, 0.5) is 18.9 Å². The highest BCUT2D eigenvalue weighted by molar-refractivity contribution is 5.50. The van der Waals surface area contributed by atoms with Crippen molar-refractivity contribution in [3.05, 3.63) is 24.3 Å². The number of benzene rings is 1. The Morgan fingerprint density at radius 1 is 1.22 bits per heavy atom. The average molecular weight is 260 g/mol. The molecule has 6 heteroatoms. The van der Waals surface area contributed by atoms with Gasteiger partial charge in [-0.25, -0.2) is 0 Å². The van der Waals surface area contributed by atoms with Crippen LogP contribution in [0.5, 0.6) is 5.75 Å². The molecule has 1 aliphatic rings. The fourth-order valence-electron chi connectivity index (χ4n) is 1.94. The van der Waals surface area contributed by atoms with E-state index in [0.717, 1.165) is 12.2 Å². The first-order valence-electron chi connectivity index (χ1n) is 5.61. The van der Waals surface area contributed by atoms with Crippen LogP contribution in [0, 0.1) is 0 Å². The van der Waals surface area contributed by atoms with E-state index in [-0.39, 0.29) is 11.3 Å². The summed E-state index contributed by atoms with van der Waals surface area (Å²) < 4.78 is 39.8. The molecule has 0 unspecified atom stereocenters. The second-order valence-electron chi connectivity index (χ2n) is 4.96. The maximum atomic E-state index is 12.0. The number of anilines is 1. The zero-order chi connectivity index (χ0) is 13.4. The van der Waals surface area contributed by atoms with E-state index in [9.17, 15) is 13.2 Å². The summed E-state index contributed by atoms with van der Waals surface area (Å²) in [6, 6.07) is 5.91. The van der Waals surface area contributed by atoms with Gasteiger partial charge in [-0.15, -0.1) is 13.2 Å². The molecule has 1 aromatic carbocycles. The zero-order valence-electron chi connectivity index (χ0n) is 10.2. The third-order valence-electron chi connectivity index (χ3n) is 2.77. The van der Waals surface area contributed by atoms with Gasteiger partial charge < -0.3 is 9.64 Å². The van der Waals surface area contributed by atoms with Gasteiger partial charge >= 0.3 is 6.36 Å². The summed E-state index contributed by atoms with van der Waals surface area (Å²) in [5.41, 5.74) is 0.892. The van der Waals surface area contributed by atoms with E-state index >= 15 is 0 Å². The van der Waals surface area contributed by atoms with E-state index in [4.69, 9.17) is 0 Å². The van der Waals surface area contributed by atoms with Crippen LogP contribution < -0.4 is 15.0 Å². The van der Waals surface area contributed by atoms with Gasteiger partial charge in [0.15, 0.2) is 0 Å². The van der Waals surface area contributed by atoms with Gasteiger partial charge in [-0.2, -0.15) is 0 Å². The number of hydrogen-bond donors (Lipinski definition) is 1. The zero-order valence-corrected chi connectivity index (χ0v) is 10.2. The number of alkyl halides is 3. The molecule has 1 N–H and O–H groups in total. The summed E-state index contributed by atoms with van der Waals surface area (Å²) in [4.78, 5) is 2.07. The van der Waals surface area contributed by atoms with Crippen LogP contribution in [-0.2, 0) is 0 Å². The van der Waals surface area contributed by atoms with Crippen molar-refractivity contribution >= 4 is 5.69 Å². The largest absolute Gasteiger partial charge is 0.573 e. The summed E-state index contributed by atoms with van der Waals surface area (Å²) >= 11 is 0. The number of rotatable bonds is 2. The number of nitrogens with zero attached hydrogens (tertiary/aromatic N) is 1. The number of hydrogen-bond acceptors (Lipinski definition) is 3. The van der Waals surface area contributed by atoms with Crippen molar-refractivity contribution in [2.75, 3.05) is 18.1 Å². The molecule has 0 saturated carbocycles. The van der Waals surface area contributed by atoms with Crippen LogP contribution in [-0.4, -0.2) is 25.1 Å². The Morgan fingerprint density at radius 2 is 1.83 bits per heavy atom. The third-order valence-corrected chi connectivity index (χ3v) is 2.77. The van der Waals surface area contributed by atoms with E-state index in [0.29, 0.717) is 6.67 Å². The molecule has 1 fully saturated rings. The Hall–Kier alpha value is -1.43. The van der Waals surface area contributed by atoms with Gasteiger partial charge in [0.2, 0.25) is 0 Å². The summed E-state index contributed by atoms with van der Waals surface area (Å²) in [6.45, 7) is 5.65. The predicted octanol–water partition coefficient (Wildman–Crippen LogP) is 2.73. The fraction of sp³-hybridized carbons (Fsp3) is 0.500. The van der Waals surface area contributed by atoms with Crippen molar-refractivity contribution in [1.29, 1.82) is 0 Å². The van der Waals surface area contributed by atoms with E-state index in [1.165, 1.54) is 12.1 Å². The van der Waals surface area contributed by atoms with Gasteiger partial charge in [-0.3, -0.25) is 5.32 Å². The first kappa shape index (κ1) is 13.0. The molecular formula is C12H15F3N2O. The van der Waals surface area contributed by atoms with Crippen LogP contribution in [0.1, 0.15) is 13.8 Å². The topological polar surface area (TPSA) is 24.5 Å². The lowest BCUT2D eigenvalue weighted by molar-refractivity contribution is -0.274. The first-order valence-corrected chi connectivity index (χ1v) is 5.61. The lowest BCUT2D eigenvalue weighted by Crippen LogP contribution is -2.34. The van der Waals surface area contributed by atoms with Crippen LogP contribution in [0.15, 0.2) is 24.3 Å². The van der Waals surface area contributed by atoms with Crippen LogP contribution in [0.2, 0.25) is 0 Å². The molecule has 0 spiro atoms. The fourth-order valence-corrected chi connectivity index (χ4v) is 1.94. The normalized spacial score (nSPS) is 19.1. The second kappa shape index (κ2) is 4.35. The smallest absolute Gasteiger partial charge is 0.406 e. The van der Waals surface area contributed by atoms with Crippen molar-refractivity contribution in [2.45, 2.75) is 25.7 Å². The summed E-state index contributed by atoms with van der Waals surface area (Å²) in [5.74, 6) is -0.197. The average Bonchev–Trinajstić information content (AvgIpc) is 2.57. The van der Waals surface area contributed by atoms with E-state index < -0.39 is 6.36 Å². The van der Waals surface area contributed by atoms with Crippen molar-refractivity contribution in [3.63, 3.8) is 0 Å². The predicted molar refractivity (Wildman–Crippen MR) is 62.6 cm³/mol. The monoisotopic (exact) mass is 260 g/mol. The Morgan fingerprint density at radius 3 is 2.28 bits per heavy atom. The number of nitrogens with one attached hydrogen (secondary N) is 1. The van der Waals surface area contributed by atoms with Gasteiger partial charge in [-0.1, -0.05) is 0 Å². The molecule has 0 radical (unpaired) electrons. The molecule has 1 heterocycles. The van der Waals surface area contributed by atoms with Crippen LogP contribution >= 0.6 is 0 Å². The minimum Gasteiger partial charge on any atom is -0.406 e. The number of halogens is 3. The Kier molecular flexibility index (Phi) is 3.14. The minimum absolute atomic E-state index is 0.0150. The maximum absolute atomic E-state index is 12.0. The molecule has 0 bridgehead atoms. The molecule has 0 atom stereocenters. The maximum Gasteiger partial charge on any atom is 0.573 e. The lowest BCUT2D eigenvalue weighted by atomic mass is 10.1. The Balaban J connectivity index is 2.05. The van der Waals surface area contributed by atoms with Crippen LogP contribution in [0.3, 0.4) is 0 Å². The molecule has 1 aliphatic heterocycles. The highest BCUT2D eigenvalue weighted by Crippen LogP contribution is 2.27. The van der Waals surface area contributed by atoms with E-state index in [1.54, 1.807) is 12.1 Å². The second-order valence-corrected chi connectivity index (χ2v) is 4.96. The van der Waals surface area contributed by atoms with Crippen LogP contribution in [0.25, 0.3) is 0 Å². The molecule has 2 rings (SSSR count).